The summed E-state index contributed by atoms with van der Waals surface area (Å²) in [5, 5.41) is 2.06. The number of anilines is 1. The van der Waals surface area contributed by atoms with Gasteiger partial charge >= 0.3 is 12.0 Å². The third-order valence-corrected chi connectivity index (χ3v) is 4.36. The minimum atomic E-state index is -0.690. The number of esters is 1. The highest BCUT2D eigenvalue weighted by Gasteiger charge is 2.30. The largest absolute Gasteiger partial charge is 0.468 e. The predicted molar refractivity (Wildman–Crippen MR) is 83.8 cm³/mol. The Morgan fingerprint density at radius 3 is 2.86 bits per heavy atom. The van der Waals surface area contributed by atoms with Crippen LogP contribution in [0.1, 0.15) is 10.4 Å². The molecule has 1 heterocycles. The topological polar surface area (TPSA) is 102 Å². The van der Waals surface area contributed by atoms with Crippen molar-refractivity contribution < 1.29 is 19.1 Å². The van der Waals surface area contributed by atoms with E-state index >= 15 is 0 Å². The fraction of sp³-hybridized carbons (Fsp3) is 0.357. The number of rotatable bonds is 3. The first-order valence-electron chi connectivity index (χ1n) is 6.66. The van der Waals surface area contributed by atoms with Crippen molar-refractivity contribution >= 4 is 35.4 Å². The summed E-state index contributed by atoms with van der Waals surface area (Å²) in [6.07, 6.45) is 0. The monoisotopic (exact) mass is 323 g/mol. The molecular weight excluding hydrogens is 306 g/mol. The summed E-state index contributed by atoms with van der Waals surface area (Å²) in [6.45, 7) is 0.869. The first-order chi connectivity index (χ1) is 10.5. The number of nitrogens with two attached hydrogens (primary N) is 1. The highest BCUT2D eigenvalue weighted by Crippen LogP contribution is 2.22. The van der Waals surface area contributed by atoms with E-state index in [-0.39, 0.29) is 17.1 Å². The molecule has 0 aromatic heterocycles. The molecule has 1 atom stereocenters. The summed E-state index contributed by atoms with van der Waals surface area (Å²) in [4.78, 5) is 36.6. The van der Waals surface area contributed by atoms with E-state index in [0.717, 1.165) is 0 Å². The maximum Gasteiger partial charge on any atom is 0.320 e. The molecule has 8 heteroatoms. The fourth-order valence-corrected chi connectivity index (χ4v) is 3.29. The Balaban J connectivity index is 2.10. The van der Waals surface area contributed by atoms with Crippen LogP contribution < -0.4 is 11.1 Å². The Hall–Kier alpha value is -2.22. The lowest BCUT2D eigenvalue weighted by molar-refractivity contribution is -0.140. The van der Waals surface area contributed by atoms with Crippen LogP contribution in [0.2, 0.25) is 0 Å². The Kier molecular flexibility index (Phi) is 5.26. The number of hydrogen-bond donors (Lipinski definition) is 2. The van der Waals surface area contributed by atoms with Gasteiger partial charge in [0.05, 0.1) is 7.11 Å². The normalized spacial score (nSPS) is 17.7. The van der Waals surface area contributed by atoms with Crippen molar-refractivity contribution in [3.8, 4) is 0 Å². The molecule has 22 heavy (non-hydrogen) atoms. The maximum absolute atomic E-state index is 12.5. The van der Waals surface area contributed by atoms with E-state index in [9.17, 15) is 14.4 Å². The Morgan fingerprint density at radius 1 is 1.41 bits per heavy atom. The van der Waals surface area contributed by atoms with Gasteiger partial charge in [0.25, 0.3) is 5.91 Å². The standard InChI is InChI=1S/C14H17N3O4S/c1-21-13(19)11-8-17(5-6-22-11)12(18)9-3-2-4-10(7-9)16-14(15)20/h2-4,7,11H,5-6,8H2,1H3,(H3,15,16,20)/t11-/m0/s1. The van der Waals surface area contributed by atoms with Gasteiger partial charge in [-0.1, -0.05) is 6.07 Å². The van der Waals surface area contributed by atoms with E-state index in [0.29, 0.717) is 30.1 Å². The predicted octanol–water partition coefficient (Wildman–Crippen LogP) is 0.908. The van der Waals surface area contributed by atoms with Crippen LogP contribution in [0.25, 0.3) is 0 Å². The van der Waals surface area contributed by atoms with Crippen LogP contribution in [-0.4, -0.2) is 54.0 Å². The fourth-order valence-electron chi connectivity index (χ4n) is 2.16. The molecule has 1 aromatic carbocycles. The van der Waals surface area contributed by atoms with Gasteiger partial charge in [-0.25, -0.2) is 4.79 Å². The van der Waals surface area contributed by atoms with E-state index in [1.807, 2.05) is 0 Å². The second-order valence-electron chi connectivity index (χ2n) is 4.70. The minimum Gasteiger partial charge on any atom is -0.468 e. The van der Waals surface area contributed by atoms with E-state index in [4.69, 9.17) is 10.5 Å². The lowest BCUT2D eigenvalue weighted by Gasteiger charge is -2.31. The second-order valence-corrected chi connectivity index (χ2v) is 6.01. The molecule has 1 aliphatic heterocycles. The molecule has 118 valence electrons. The van der Waals surface area contributed by atoms with Crippen molar-refractivity contribution in [2.75, 3.05) is 31.3 Å². The van der Waals surface area contributed by atoms with Crippen LogP contribution in [0.3, 0.4) is 0 Å². The molecule has 1 saturated heterocycles. The number of benzene rings is 1. The molecule has 1 fully saturated rings. The first kappa shape index (κ1) is 16.2. The van der Waals surface area contributed by atoms with Crippen molar-refractivity contribution in [3.63, 3.8) is 0 Å². The Morgan fingerprint density at radius 2 is 2.18 bits per heavy atom. The number of ether oxygens (including phenoxy) is 1. The van der Waals surface area contributed by atoms with Gasteiger partial charge < -0.3 is 20.7 Å². The summed E-state index contributed by atoms with van der Waals surface area (Å²) in [7, 11) is 1.34. The second kappa shape index (κ2) is 7.17. The zero-order chi connectivity index (χ0) is 16.1. The van der Waals surface area contributed by atoms with Crippen LogP contribution in [0.15, 0.2) is 24.3 Å². The van der Waals surface area contributed by atoms with Crippen LogP contribution in [0.5, 0.6) is 0 Å². The average molecular weight is 323 g/mol. The molecule has 0 saturated carbocycles. The number of carbonyl (C=O) groups excluding carboxylic acids is 3. The highest BCUT2D eigenvalue weighted by atomic mass is 32.2. The maximum atomic E-state index is 12.5. The van der Waals surface area contributed by atoms with E-state index in [2.05, 4.69) is 5.32 Å². The van der Waals surface area contributed by atoms with Crippen LogP contribution in [0.4, 0.5) is 10.5 Å². The summed E-state index contributed by atoms with van der Waals surface area (Å²) in [5.74, 6) is 0.152. The van der Waals surface area contributed by atoms with Crippen LogP contribution >= 0.6 is 11.8 Å². The molecule has 2 rings (SSSR count). The van der Waals surface area contributed by atoms with Crippen LogP contribution in [-0.2, 0) is 9.53 Å². The minimum absolute atomic E-state index is 0.192. The number of carbonyl (C=O) groups is 3. The molecule has 0 aliphatic carbocycles. The third-order valence-electron chi connectivity index (χ3n) is 3.19. The molecule has 0 spiro atoms. The summed E-state index contributed by atoms with van der Waals surface area (Å²) >= 11 is 1.48. The van der Waals surface area contributed by atoms with E-state index in [1.54, 1.807) is 29.2 Å². The lowest BCUT2D eigenvalue weighted by atomic mass is 10.1. The molecule has 1 aromatic rings. The number of thioether (sulfide) groups is 1. The number of nitrogens with zero attached hydrogens (tertiary/aromatic N) is 1. The molecule has 3 N–H and O–H groups in total. The number of nitrogens with one attached hydrogen (secondary N) is 1. The van der Waals surface area contributed by atoms with Gasteiger partial charge in [-0.15, -0.1) is 11.8 Å². The van der Waals surface area contributed by atoms with Gasteiger partial charge in [-0.3, -0.25) is 9.59 Å². The van der Waals surface area contributed by atoms with Crippen molar-refractivity contribution in [2.24, 2.45) is 5.73 Å². The average Bonchev–Trinajstić information content (AvgIpc) is 2.53. The van der Waals surface area contributed by atoms with Gasteiger partial charge in [0.15, 0.2) is 0 Å². The van der Waals surface area contributed by atoms with Crippen molar-refractivity contribution in [1.82, 2.24) is 4.90 Å². The van der Waals surface area contributed by atoms with Crippen molar-refractivity contribution in [3.05, 3.63) is 29.8 Å². The molecule has 7 nitrogen and oxygen atoms in total. The highest BCUT2D eigenvalue weighted by molar-refractivity contribution is 8.00. The number of methoxy groups -OCH3 is 1. The van der Waals surface area contributed by atoms with Crippen LogP contribution in [0, 0.1) is 0 Å². The molecule has 3 amide bonds. The van der Waals surface area contributed by atoms with Crippen molar-refractivity contribution in [1.29, 1.82) is 0 Å². The number of amides is 3. The summed E-state index contributed by atoms with van der Waals surface area (Å²) in [6, 6.07) is 5.83. The van der Waals surface area contributed by atoms with Gasteiger partial charge in [-0.2, -0.15) is 0 Å². The van der Waals surface area contributed by atoms with Crippen molar-refractivity contribution in [2.45, 2.75) is 5.25 Å². The van der Waals surface area contributed by atoms with Gasteiger partial charge in [0, 0.05) is 30.1 Å². The zero-order valence-electron chi connectivity index (χ0n) is 12.1. The summed E-state index contributed by atoms with van der Waals surface area (Å²) < 4.78 is 4.73. The molecule has 0 radical (unpaired) electrons. The zero-order valence-corrected chi connectivity index (χ0v) is 12.9. The Bertz CT molecular complexity index is 593. The molecule has 1 aliphatic rings. The molecule has 0 unspecified atom stereocenters. The first-order valence-corrected chi connectivity index (χ1v) is 7.71. The Labute approximate surface area is 132 Å². The summed E-state index contributed by atoms with van der Waals surface area (Å²) in [5.41, 5.74) is 5.95. The third kappa shape index (κ3) is 3.91. The number of primary amides is 1. The molecule has 0 bridgehead atoms. The van der Waals surface area contributed by atoms with E-state index < -0.39 is 6.03 Å². The SMILES string of the molecule is COC(=O)[C@@H]1CN(C(=O)c2cccc(NC(N)=O)c2)CCS1. The van der Waals surface area contributed by atoms with E-state index in [1.165, 1.54) is 18.9 Å². The van der Waals surface area contributed by atoms with Gasteiger partial charge in [0.1, 0.15) is 5.25 Å². The lowest BCUT2D eigenvalue weighted by Crippen LogP contribution is -2.45. The molecular formula is C14H17N3O4S. The smallest absolute Gasteiger partial charge is 0.320 e. The van der Waals surface area contributed by atoms with Gasteiger partial charge in [0.2, 0.25) is 0 Å². The number of hydrogen-bond acceptors (Lipinski definition) is 5. The van der Waals surface area contributed by atoms with Gasteiger partial charge in [-0.05, 0) is 18.2 Å². The number of urea groups is 1. The quantitative estimate of drug-likeness (QED) is 0.805.